The van der Waals surface area contributed by atoms with Gasteiger partial charge in [0.25, 0.3) is 0 Å². The normalized spacial score (nSPS) is 37.9. The van der Waals surface area contributed by atoms with Gasteiger partial charge in [-0.25, -0.2) is 0 Å². The lowest BCUT2D eigenvalue weighted by Gasteiger charge is -2.48. The van der Waals surface area contributed by atoms with Crippen LogP contribution in [0.2, 0.25) is 0 Å². The minimum absolute atomic E-state index is 0.273. The molecule has 0 aromatic carbocycles. The van der Waals surface area contributed by atoms with Crippen LogP contribution >= 0.6 is 0 Å². The first-order chi connectivity index (χ1) is 8.36. The minimum atomic E-state index is 0.273. The lowest BCUT2D eigenvalue weighted by atomic mass is 9.82. The Labute approximate surface area is 105 Å². The van der Waals surface area contributed by atoms with Crippen LogP contribution in [0.15, 0.2) is 0 Å². The Balaban J connectivity index is 1.77. The van der Waals surface area contributed by atoms with Gasteiger partial charge in [0.2, 0.25) is 0 Å². The predicted octanol–water partition coefficient (Wildman–Crippen LogP) is 1.76. The smallest absolute Gasteiger partial charge is 0.0484 e. The molecule has 2 aliphatic heterocycles. The van der Waals surface area contributed by atoms with E-state index in [1.54, 1.807) is 0 Å². The number of hydrogen-bond acceptors (Lipinski definition) is 3. The molecule has 3 aliphatic rings. The number of nitrogens with two attached hydrogens (primary N) is 1. The van der Waals surface area contributed by atoms with Crippen LogP contribution in [0.1, 0.15) is 44.9 Å². The molecule has 3 rings (SSSR count). The van der Waals surface area contributed by atoms with E-state index in [4.69, 9.17) is 10.5 Å². The second-order valence-electron chi connectivity index (χ2n) is 6.13. The summed E-state index contributed by atoms with van der Waals surface area (Å²) in [5.74, 6) is 0.968. The molecule has 3 heteroatoms. The van der Waals surface area contributed by atoms with Crippen LogP contribution < -0.4 is 5.73 Å². The fourth-order valence-corrected chi connectivity index (χ4v) is 4.35. The molecule has 2 saturated heterocycles. The maximum Gasteiger partial charge on any atom is 0.0484 e. The third-order valence-corrected chi connectivity index (χ3v) is 5.42. The zero-order chi connectivity index (χ0) is 11.7. The standard InChI is InChI=1S/C14H26N2O/c15-11-14(6-9-17-10-7-14)16-8-5-12-3-1-2-4-13(12)16/h12-13H,1-11,15H2. The van der Waals surface area contributed by atoms with Gasteiger partial charge in [0.15, 0.2) is 0 Å². The summed E-state index contributed by atoms with van der Waals surface area (Å²) in [5, 5.41) is 0. The van der Waals surface area contributed by atoms with Crippen molar-refractivity contribution in [1.82, 2.24) is 4.90 Å². The van der Waals surface area contributed by atoms with E-state index in [1.807, 2.05) is 0 Å². The van der Waals surface area contributed by atoms with Gasteiger partial charge in [0.05, 0.1) is 0 Å². The second kappa shape index (κ2) is 4.87. The highest BCUT2D eigenvalue weighted by atomic mass is 16.5. The Morgan fingerprint density at radius 2 is 1.88 bits per heavy atom. The summed E-state index contributed by atoms with van der Waals surface area (Å²) >= 11 is 0. The van der Waals surface area contributed by atoms with Gasteiger partial charge in [-0.2, -0.15) is 0 Å². The van der Waals surface area contributed by atoms with Gasteiger partial charge in [-0.1, -0.05) is 12.8 Å². The Bertz CT molecular complexity index is 263. The summed E-state index contributed by atoms with van der Waals surface area (Å²) in [6, 6.07) is 0.838. The highest BCUT2D eigenvalue weighted by Crippen LogP contribution is 2.42. The van der Waals surface area contributed by atoms with Crippen LogP contribution in [0.25, 0.3) is 0 Å². The van der Waals surface area contributed by atoms with E-state index in [0.29, 0.717) is 0 Å². The maximum atomic E-state index is 6.14. The van der Waals surface area contributed by atoms with Crippen LogP contribution in [-0.2, 0) is 4.74 Å². The number of nitrogens with zero attached hydrogens (tertiary/aromatic N) is 1. The molecule has 0 spiro atoms. The molecule has 2 atom stereocenters. The van der Waals surface area contributed by atoms with Gasteiger partial charge in [-0.3, -0.25) is 4.90 Å². The molecule has 2 heterocycles. The Hall–Kier alpha value is -0.120. The first kappa shape index (κ1) is 11.9. The Morgan fingerprint density at radius 3 is 2.65 bits per heavy atom. The van der Waals surface area contributed by atoms with Gasteiger partial charge < -0.3 is 10.5 Å². The molecule has 2 N–H and O–H groups in total. The van der Waals surface area contributed by atoms with Crippen molar-refractivity contribution in [2.75, 3.05) is 26.3 Å². The summed E-state index contributed by atoms with van der Waals surface area (Å²) in [7, 11) is 0. The van der Waals surface area contributed by atoms with Crippen LogP contribution in [0.3, 0.4) is 0 Å². The topological polar surface area (TPSA) is 38.5 Å². The fourth-order valence-electron chi connectivity index (χ4n) is 4.35. The van der Waals surface area contributed by atoms with Crippen molar-refractivity contribution in [3.05, 3.63) is 0 Å². The molecule has 98 valence electrons. The third kappa shape index (κ3) is 2.02. The number of ether oxygens (including phenoxy) is 1. The van der Waals surface area contributed by atoms with Crippen LogP contribution in [0.4, 0.5) is 0 Å². The largest absolute Gasteiger partial charge is 0.381 e. The van der Waals surface area contributed by atoms with E-state index < -0.39 is 0 Å². The molecule has 0 bridgehead atoms. The molecule has 0 aromatic rings. The van der Waals surface area contributed by atoms with E-state index in [0.717, 1.165) is 44.6 Å². The predicted molar refractivity (Wildman–Crippen MR) is 68.9 cm³/mol. The third-order valence-electron chi connectivity index (χ3n) is 5.42. The van der Waals surface area contributed by atoms with E-state index >= 15 is 0 Å². The van der Waals surface area contributed by atoms with Gasteiger partial charge >= 0.3 is 0 Å². The molecule has 1 aliphatic carbocycles. The van der Waals surface area contributed by atoms with Crippen molar-refractivity contribution in [3.63, 3.8) is 0 Å². The number of rotatable bonds is 2. The molecular formula is C14H26N2O. The quantitative estimate of drug-likeness (QED) is 0.796. The first-order valence-corrected chi connectivity index (χ1v) is 7.40. The van der Waals surface area contributed by atoms with Gasteiger partial charge in [0, 0.05) is 31.3 Å². The van der Waals surface area contributed by atoms with E-state index in [1.165, 1.54) is 38.6 Å². The Morgan fingerprint density at radius 1 is 1.12 bits per heavy atom. The summed E-state index contributed by atoms with van der Waals surface area (Å²) < 4.78 is 5.54. The molecular weight excluding hydrogens is 212 g/mol. The molecule has 2 unspecified atom stereocenters. The van der Waals surface area contributed by atoms with Crippen molar-refractivity contribution in [3.8, 4) is 0 Å². The van der Waals surface area contributed by atoms with Crippen molar-refractivity contribution in [2.45, 2.75) is 56.5 Å². The highest BCUT2D eigenvalue weighted by Gasteiger charge is 2.46. The van der Waals surface area contributed by atoms with Crippen LogP contribution in [-0.4, -0.2) is 42.8 Å². The van der Waals surface area contributed by atoms with Gasteiger partial charge in [-0.05, 0) is 44.6 Å². The lowest BCUT2D eigenvalue weighted by Crippen LogP contribution is -2.59. The summed E-state index contributed by atoms with van der Waals surface area (Å²) in [6.07, 6.45) is 9.45. The Kier molecular flexibility index (Phi) is 3.42. The molecule has 1 saturated carbocycles. The van der Waals surface area contributed by atoms with Gasteiger partial charge in [0.1, 0.15) is 0 Å². The minimum Gasteiger partial charge on any atom is -0.381 e. The van der Waals surface area contributed by atoms with Gasteiger partial charge in [-0.15, -0.1) is 0 Å². The van der Waals surface area contributed by atoms with E-state index in [-0.39, 0.29) is 5.54 Å². The number of fused-ring (bicyclic) bond motifs is 1. The maximum absolute atomic E-state index is 6.14. The average molecular weight is 238 g/mol. The summed E-state index contributed by atoms with van der Waals surface area (Å²) in [6.45, 7) is 3.92. The first-order valence-electron chi connectivity index (χ1n) is 7.40. The summed E-state index contributed by atoms with van der Waals surface area (Å²) in [5.41, 5.74) is 6.42. The van der Waals surface area contributed by atoms with Crippen molar-refractivity contribution >= 4 is 0 Å². The zero-order valence-corrected chi connectivity index (χ0v) is 10.9. The van der Waals surface area contributed by atoms with Crippen molar-refractivity contribution in [2.24, 2.45) is 11.7 Å². The van der Waals surface area contributed by atoms with Crippen LogP contribution in [0.5, 0.6) is 0 Å². The monoisotopic (exact) mass is 238 g/mol. The molecule has 0 amide bonds. The fraction of sp³-hybridized carbons (Fsp3) is 1.00. The zero-order valence-electron chi connectivity index (χ0n) is 10.9. The van der Waals surface area contributed by atoms with Crippen molar-refractivity contribution in [1.29, 1.82) is 0 Å². The lowest BCUT2D eigenvalue weighted by molar-refractivity contribution is -0.0380. The number of hydrogen-bond donors (Lipinski definition) is 1. The molecule has 0 aromatic heterocycles. The average Bonchev–Trinajstić information content (AvgIpc) is 2.84. The van der Waals surface area contributed by atoms with Crippen LogP contribution in [0, 0.1) is 5.92 Å². The SMILES string of the molecule is NCC1(N2CCC3CCCCC32)CCOCC1. The highest BCUT2D eigenvalue weighted by molar-refractivity contribution is 5.02. The molecule has 0 radical (unpaired) electrons. The second-order valence-corrected chi connectivity index (χ2v) is 6.13. The molecule has 3 fully saturated rings. The number of likely N-dealkylation sites (tertiary alicyclic amines) is 1. The van der Waals surface area contributed by atoms with E-state index in [2.05, 4.69) is 4.90 Å². The van der Waals surface area contributed by atoms with Crippen molar-refractivity contribution < 1.29 is 4.74 Å². The van der Waals surface area contributed by atoms with E-state index in [9.17, 15) is 0 Å². The molecule has 17 heavy (non-hydrogen) atoms. The summed E-state index contributed by atoms with van der Waals surface area (Å²) in [4.78, 5) is 2.79. The molecule has 3 nitrogen and oxygen atoms in total.